The summed E-state index contributed by atoms with van der Waals surface area (Å²) in [6.07, 6.45) is 5.15. The van der Waals surface area contributed by atoms with Crippen molar-refractivity contribution in [2.75, 3.05) is 0 Å². The van der Waals surface area contributed by atoms with E-state index in [1.807, 2.05) is 24.3 Å². The van der Waals surface area contributed by atoms with Gasteiger partial charge in [0.1, 0.15) is 5.69 Å². The van der Waals surface area contributed by atoms with Crippen molar-refractivity contribution in [1.82, 2.24) is 25.3 Å². The van der Waals surface area contributed by atoms with Crippen LogP contribution in [0.2, 0.25) is 0 Å². The van der Waals surface area contributed by atoms with Gasteiger partial charge in [0.25, 0.3) is 5.91 Å². The maximum absolute atomic E-state index is 12.1. The number of carbonyl (C=O) groups is 1. The molecule has 2 heterocycles. The largest absolute Gasteiger partial charge is 0.346 e. The van der Waals surface area contributed by atoms with E-state index in [-0.39, 0.29) is 5.91 Å². The zero-order chi connectivity index (χ0) is 15.4. The van der Waals surface area contributed by atoms with Gasteiger partial charge in [0.15, 0.2) is 0 Å². The molecule has 3 aromatic rings. The van der Waals surface area contributed by atoms with Crippen LogP contribution < -0.4 is 5.32 Å². The minimum atomic E-state index is -0.153. The summed E-state index contributed by atoms with van der Waals surface area (Å²) >= 11 is 3.34. The molecule has 1 N–H and O–H groups in total. The van der Waals surface area contributed by atoms with Crippen molar-refractivity contribution in [2.24, 2.45) is 0 Å². The molecule has 0 aliphatic heterocycles. The van der Waals surface area contributed by atoms with E-state index >= 15 is 0 Å². The van der Waals surface area contributed by atoms with Gasteiger partial charge < -0.3 is 5.32 Å². The van der Waals surface area contributed by atoms with Gasteiger partial charge in [-0.25, -0.2) is 4.68 Å². The van der Waals surface area contributed by atoms with Crippen molar-refractivity contribution in [1.29, 1.82) is 0 Å². The van der Waals surface area contributed by atoms with Crippen molar-refractivity contribution in [3.05, 3.63) is 70.7 Å². The predicted octanol–water partition coefficient (Wildman–Crippen LogP) is 2.35. The normalized spacial score (nSPS) is 10.4. The molecule has 0 fully saturated rings. The highest BCUT2D eigenvalue weighted by molar-refractivity contribution is 9.10. The number of aromatic nitrogens is 4. The molecule has 6 nitrogen and oxygen atoms in total. The van der Waals surface area contributed by atoms with E-state index in [1.165, 1.54) is 0 Å². The summed E-state index contributed by atoms with van der Waals surface area (Å²) in [6.45, 7) is 0.316. The summed E-state index contributed by atoms with van der Waals surface area (Å²) in [6, 6.07) is 10.9. The number of halogens is 1. The van der Waals surface area contributed by atoms with Gasteiger partial charge in [-0.2, -0.15) is 0 Å². The quantitative estimate of drug-likeness (QED) is 0.777. The third-order valence-corrected chi connectivity index (χ3v) is 3.48. The van der Waals surface area contributed by atoms with Crippen LogP contribution in [0.5, 0.6) is 0 Å². The van der Waals surface area contributed by atoms with Gasteiger partial charge in [-0.05, 0) is 30.3 Å². The molecule has 0 aliphatic carbocycles. The number of pyridine rings is 1. The Hall–Kier alpha value is -2.54. The summed E-state index contributed by atoms with van der Waals surface area (Å²) < 4.78 is 2.51. The maximum atomic E-state index is 12.1. The first-order valence-electron chi connectivity index (χ1n) is 6.58. The fraction of sp³-hybridized carbons (Fsp3) is 0.0667. The molecule has 2 aromatic heterocycles. The molecule has 0 unspecified atom stereocenters. The zero-order valence-corrected chi connectivity index (χ0v) is 13.1. The van der Waals surface area contributed by atoms with Crippen molar-refractivity contribution >= 4 is 21.8 Å². The Morgan fingerprint density at radius 1 is 1.23 bits per heavy atom. The smallest absolute Gasteiger partial charge is 0.251 e. The molecule has 0 bridgehead atoms. The molecule has 0 atom stereocenters. The summed E-state index contributed by atoms with van der Waals surface area (Å²) in [7, 11) is 0. The molecule has 0 radical (unpaired) electrons. The van der Waals surface area contributed by atoms with Crippen molar-refractivity contribution in [2.45, 2.75) is 6.54 Å². The predicted molar refractivity (Wildman–Crippen MR) is 84.5 cm³/mol. The van der Waals surface area contributed by atoms with E-state index in [0.29, 0.717) is 17.8 Å². The number of carbonyl (C=O) groups excluding carboxylic acids is 1. The fourth-order valence-electron chi connectivity index (χ4n) is 1.90. The first kappa shape index (κ1) is 14.4. The van der Waals surface area contributed by atoms with Gasteiger partial charge in [-0.3, -0.25) is 9.78 Å². The molecule has 110 valence electrons. The number of benzene rings is 1. The van der Waals surface area contributed by atoms with Crippen LogP contribution in [0, 0.1) is 0 Å². The van der Waals surface area contributed by atoms with Gasteiger partial charge in [0.2, 0.25) is 0 Å². The third kappa shape index (κ3) is 3.37. The molecule has 0 aliphatic rings. The van der Waals surface area contributed by atoms with Crippen LogP contribution in [-0.4, -0.2) is 25.9 Å². The summed E-state index contributed by atoms with van der Waals surface area (Å²) in [5.41, 5.74) is 2.14. The van der Waals surface area contributed by atoms with Crippen LogP contribution in [0.4, 0.5) is 0 Å². The number of nitrogens with one attached hydrogen (secondary N) is 1. The first-order chi connectivity index (χ1) is 10.7. The molecular weight excluding hydrogens is 346 g/mol. The van der Waals surface area contributed by atoms with Crippen molar-refractivity contribution in [3.63, 3.8) is 0 Å². The minimum absolute atomic E-state index is 0.153. The van der Waals surface area contributed by atoms with Gasteiger partial charge in [-0.15, -0.1) is 5.10 Å². The lowest BCUT2D eigenvalue weighted by molar-refractivity contribution is 0.0950. The Balaban J connectivity index is 1.65. The summed E-state index contributed by atoms with van der Waals surface area (Å²) in [5, 5.41) is 10.9. The maximum Gasteiger partial charge on any atom is 0.251 e. The molecule has 0 saturated heterocycles. The van der Waals surface area contributed by atoms with E-state index < -0.39 is 0 Å². The Morgan fingerprint density at radius 2 is 2.05 bits per heavy atom. The average molecular weight is 358 g/mol. The van der Waals surface area contributed by atoms with Gasteiger partial charge >= 0.3 is 0 Å². The lowest BCUT2D eigenvalue weighted by Gasteiger charge is -2.03. The SMILES string of the molecule is O=C(NCc1cn(-c2ccncc2)nn1)c1cccc(Br)c1. The van der Waals surface area contributed by atoms with Gasteiger partial charge in [0.05, 0.1) is 18.4 Å². The van der Waals surface area contributed by atoms with Crippen LogP contribution in [0.1, 0.15) is 16.1 Å². The second kappa shape index (κ2) is 6.48. The fourth-order valence-corrected chi connectivity index (χ4v) is 2.30. The lowest BCUT2D eigenvalue weighted by Crippen LogP contribution is -2.22. The van der Waals surface area contributed by atoms with E-state index in [0.717, 1.165) is 10.2 Å². The molecule has 1 aromatic carbocycles. The topological polar surface area (TPSA) is 72.7 Å². The highest BCUT2D eigenvalue weighted by Gasteiger charge is 2.08. The van der Waals surface area contributed by atoms with Crippen molar-refractivity contribution in [3.8, 4) is 5.69 Å². The van der Waals surface area contributed by atoms with Crippen LogP contribution in [0.25, 0.3) is 5.69 Å². The highest BCUT2D eigenvalue weighted by Crippen LogP contribution is 2.11. The number of nitrogens with zero attached hydrogens (tertiary/aromatic N) is 4. The van der Waals surface area contributed by atoms with Crippen LogP contribution in [-0.2, 0) is 6.54 Å². The van der Waals surface area contributed by atoms with Gasteiger partial charge in [-0.1, -0.05) is 27.2 Å². The summed E-state index contributed by atoms with van der Waals surface area (Å²) in [4.78, 5) is 16.0. The average Bonchev–Trinajstić information content (AvgIpc) is 3.02. The molecule has 22 heavy (non-hydrogen) atoms. The van der Waals surface area contributed by atoms with Crippen LogP contribution in [0.3, 0.4) is 0 Å². The second-order valence-corrected chi connectivity index (χ2v) is 5.47. The molecular formula is C15H12BrN5O. The highest BCUT2D eigenvalue weighted by atomic mass is 79.9. The van der Waals surface area contributed by atoms with E-state index in [1.54, 1.807) is 35.4 Å². The molecule has 1 amide bonds. The van der Waals surface area contributed by atoms with E-state index in [2.05, 4.69) is 36.5 Å². The van der Waals surface area contributed by atoms with Crippen LogP contribution >= 0.6 is 15.9 Å². The van der Waals surface area contributed by atoms with Gasteiger partial charge in [0, 0.05) is 22.4 Å². The first-order valence-corrected chi connectivity index (χ1v) is 7.37. The molecule has 7 heteroatoms. The third-order valence-electron chi connectivity index (χ3n) is 2.98. The Bertz CT molecular complexity index is 787. The second-order valence-electron chi connectivity index (χ2n) is 4.55. The molecule has 3 rings (SSSR count). The number of rotatable bonds is 4. The minimum Gasteiger partial charge on any atom is -0.346 e. The number of hydrogen-bond donors (Lipinski definition) is 1. The van der Waals surface area contributed by atoms with E-state index in [4.69, 9.17) is 0 Å². The Labute approximate surface area is 135 Å². The monoisotopic (exact) mass is 357 g/mol. The molecule has 0 spiro atoms. The van der Waals surface area contributed by atoms with E-state index in [9.17, 15) is 4.79 Å². The Morgan fingerprint density at radius 3 is 2.82 bits per heavy atom. The van der Waals surface area contributed by atoms with Crippen molar-refractivity contribution < 1.29 is 4.79 Å². The van der Waals surface area contributed by atoms with Crippen LogP contribution in [0.15, 0.2) is 59.5 Å². The summed E-state index contributed by atoms with van der Waals surface area (Å²) in [5.74, 6) is -0.153. The number of hydrogen-bond acceptors (Lipinski definition) is 4. The lowest BCUT2D eigenvalue weighted by atomic mass is 10.2. The standard InChI is InChI=1S/C15H12BrN5O/c16-12-3-1-2-11(8-12)15(22)18-9-13-10-21(20-19-13)14-4-6-17-7-5-14/h1-8,10H,9H2,(H,18,22). The Kier molecular flexibility index (Phi) is 4.24. The zero-order valence-electron chi connectivity index (χ0n) is 11.5. The molecule has 0 saturated carbocycles. The number of amides is 1.